The van der Waals surface area contributed by atoms with Gasteiger partial charge in [-0.05, 0) is 26.3 Å². The van der Waals surface area contributed by atoms with Crippen molar-refractivity contribution in [2.45, 2.75) is 27.2 Å². The molecular formula is C15H16O2. The van der Waals surface area contributed by atoms with Crippen molar-refractivity contribution in [2.75, 3.05) is 0 Å². The number of hydrogen-bond acceptors (Lipinski definition) is 2. The lowest BCUT2D eigenvalue weighted by Crippen LogP contribution is -2.05. The molecule has 1 aromatic heterocycles. The van der Waals surface area contributed by atoms with Crippen LogP contribution >= 0.6 is 0 Å². The second-order valence-electron chi connectivity index (χ2n) is 4.30. The van der Waals surface area contributed by atoms with Gasteiger partial charge in [0.15, 0.2) is 5.78 Å². The first-order chi connectivity index (χ1) is 8.09. The summed E-state index contributed by atoms with van der Waals surface area (Å²) >= 11 is 0. The lowest BCUT2D eigenvalue weighted by molar-refractivity contribution is 0.0991. The molecule has 0 spiro atoms. The van der Waals surface area contributed by atoms with Crippen molar-refractivity contribution >= 4 is 5.78 Å². The molecular weight excluding hydrogens is 212 g/mol. The Labute approximate surface area is 101 Å². The van der Waals surface area contributed by atoms with E-state index in [-0.39, 0.29) is 5.78 Å². The van der Waals surface area contributed by atoms with Crippen LogP contribution in [0, 0.1) is 20.8 Å². The molecule has 0 aliphatic carbocycles. The van der Waals surface area contributed by atoms with Gasteiger partial charge in [0.2, 0.25) is 0 Å². The van der Waals surface area contributed by atoms with Gasteiger partial charge in [-0.15, -0.1) is 0 Å². The summed E-state index contributed by atoms with van der Waals surface area (Å²) in [6, 6.07) is 9.78. The highest BCUT2D eigenvalue weighted by molar-refractivity contribution is 5.99. The SMILES string of the molecule is Cc1oc(C)c(C(=O)Cc2ccccc2)c1C. The van der Waals surface area contributed by atoms with Crippen LogP contribution in [-0.2, 0) is 6.42 Å². The third-order valence-corrected chi connectivity index (χ3v) is 3.05. The van der Waals surface area contributed by atoms with Gasteiger partial charge in [-0.2, -0.15) is 0 Å². The summed E-state index contributed by atoms with van der Waals surface area (Å²) in [6.45, 7) is 5.67. The molecule has 0 unspecified atom stereocenters. The fraction of sp³-hybridized carbons (Fsp3) is 0.267. The zero-order chi connectivity index (χ0) is 12.4. The maximum absolute atomic E-state index is 12.2. The van der Waals surface area contributed by atoms with E-state index in [4.69, 9.17) is 4.42 Å². The van der Waals surface area contributed by atoms with E-state index in [9.17, 15) is 4.79 Å². The quantitative estimate of drug-likeness (QED) is 0.751. The standard InChI is InChI=1S/C15H16O2/c1-10-11(2)17-12(3)15(10)14(16)9-13-7-5-4-6-8-13/h4-8H,9H2,1-3H3. The Morgan fingerprint density at radius 3 is 2.24 bits per heavy atom. The minimum Gasteiger partial charge on any atom is -0.466 e. The number of benzene rings is 1. The average molecular weight is 228 g/mol. The van der Waals surface area contributed by atoms with E-state index in [1.807, 2.05) is 51.1 Å². The van der Waals surface area contributed by atoms with Crippen molar-refractivity contribution in [1.82, 2.24) is 0 Å². The maximum atomic E-state index is 12.2. The van der Waals surface area contributed by atoms with Crippen molar-refractivity contribution in [3.05, 3.63) is 58.5 Å². The fourth-order valence-electron chi connectivity index (χ4n) is 2.07. The molecule has 0 amide bonds. The van der Waals surface area contributed by atoms with Crippen LogP contribution < -0.4 is 0 Å². The van der Waals surface area contributed by atoms with Gasteiger partial charge in [0.05, 0.1) is 5.56 Å². The number of carbonyl (C=O) groups is 1. The van der Waals surface area contributed by atoms with Crippen molar-refractivity contribution in [2.24, 2.45) is 0 Å². The topological polar surface area (TPSA) is 30.2 Å². The second-order valence-corrected chi connectivity index (χ2v) is 4.30. The number of rotatable bonds is 3. The summed E-state index contributed by atoms with van der Waals surface area (Å²) < 4.78 is 5.48. The first-order valence-corrected chi connectivity index (χ1v) is 5.73. The lowest BCUT2D eigenvalue weighted by atomic mass is 10.00. The van der Waals surface area contributed by atoms with Crippen molar-refractivity contribution < 1.29 is 9.21 Å². The molecule has 2 heteroatoms. The van der Waals surface area contributed by atoms with E-state index in [0.29, 0.717) is 6.42 Å². The largest absolute Gasteiger partial charge is 0.466 e. The molecule has 1 aromatic carbocycles. The highest BCUT2D eigenvalue weighted by atomic mass is 16.3. The van der Waals surface area contributed by atoms with Gasteiger partial charge in [-0.1, -0.05) is 30.3 Å². The van der Waals surface area contributed by atoms with E-state index in [0.717, 1.165) is 28.2 Å². The smallest absolute Gasteiger partial charge is 0.171 e. The summed E-state index contributed by atoms with van der Waals surface area (Å²) in [7, 11) is 0. The Morgan fingerprint density at radius 2 is 1.71 bits per heavy atom. The lowest BCUT2D eigenvalue weighted by Gasteiger charge is -2.01. The van der Waals surface area contributed by atoms with E-state index in [1.165, 1.54) is 0 Å². The molecule has 0 fully saturated rings. The number of ketones is 1. The first kappa shape index (κ1) is 11.6. The van der Waals surface area contributed by atoms with Crippen molar-refractivity contribution in [1.29, 1.82) is 0 Å². The summed E-state index contributed by atoms with van der Waals surface area (Å²) in [5.74, 6) is 1.68. The third-order valence-electron chi connectivity index (χ3n) is 3.05. The van der Waals surface area contributed by atoms with Gasteiger partial charge in [-0.25, -0.2) is 0 Å². The Morgan fingerprint density at radius 1 is 1.06 bits per heavy atom. The number of Topliss-reactive ketones (excluding diaryl/α,β-unsaturated/α-hetero) is 1. The van der Waals surface area contributed by atoms with Crippen LogP contribution in [0.5, 0.6) is 0 Å². The normalized spacial score (nSPS) is 10.5. The predicted molar refractivity (Wildman–Crippen MR) is 67.4 cm³/mol. The van der Waals surface area contributed by atoms with Crippen LogP contribution in [-0.4, -0.2) is 5.78 Å². The van der Waals surface area contributed by atoms with E-state index in [1.54, 1.807) is 0 Å². The highest BCUT2D eigenvalue weighted by Crippen LogP contribution is 2.22. The molecule has 0 atom stereocenters. The van der Waals surface area contributed by atoms with Crippen LogP contribution in [0.3, 0.4) is 0 Å². The van der Waals surface area contributed by atoms with E-state index < -0.39 is 0 Å². The Bertz CT molecular complexity index is 536. The number of hydrogen-bond donors (Lipinski definition) is 0. The van der Waals surface area contributed by atoms with Crippen molar-refractivity contribution in [3.63, 3.8) is 0 Å². The molecule has 0 aliphatic heterocycles. The monoisotopic (exact) mass is 228 g/mol. The maximum Gasteiger partial charge on any atom is 0.171 e. The molecule has 0 N–H and O–H groups in total. The number of carbonyl (C=O) groups excluding carboxylic acids is 1. The molecule has 0 saturated carbocycles. The van der Waals surface area contributed by atoms with Crippen LogP contribution in [0.25, 0.3) is 0 Å². The second kappa shape index (κ2) is 4.58. The van der Waals surface area contributed by atoms with Crippen LogP contribution in [0.4, 0.5) is 0 Å². The molecule has 2 rings (SSSR count). The molecule has 1 heterocycles. The van der Waals surface area contributed by atoms with Gasteiger partial charge in [0.25, 0.3) is 0 Å². The Kier molecular flexibility index (Phi) is 3.14. The Balaban J connectivity index is 2.27. The van der Waals surface area contributed by atoms with Crippen LogP contribution in [0.2, 0.25) is 0 Å². The average Bonchev–Trinajstić information content (AvgIpc) is 2.54. The predicted octanol–water partition coefficient (Wildman–Crippen LogP) is 3.63. The minimum atomic E-state index is 0.128. The van der Waals surface area contributed by atoms with Gasteiger partial charge in [0.1, 0.15) is 11.5 Å². The summed E-state index contributed by atoms with van der Waals surface area (Å²) in [6.07, 6.45) is 0.432. The summed E-state index contributed by atoms with van der Waals surface area (Å²) in [5, 5.41) is 0. The highest BCUT2D eigenvalue weighted by Gasteiger charge is 2.18. The Hall–Kier alpha value is -1.83. The fourth-order valence-corrected chi connectivity index (χ4v) is 2.07. The molecule has 0 saturated heterocycles. The van der Waals surface area contributed by atoms with Gasteiger partial charge < -0.3 is 4.42 Å². The minimum absolute atomic E-state index is 0.128. The number of aryl methyl sites for hydroxylation is 2. The van der Waals surface area contributed by atoms with Crippen molar-refractivity contribution in [3.8, 4) is 0 Å². The van der Waals surface area contributed by atoms with Crippen LogP contribution in [0.15, 0.2) is 34.7 Å². The van der Waals surface area contributed by atoms with Gasteiger partial charge in [-0.3, -0.25) is 4.79 Å². The molecule has 17 heavy (non-hydrogen) atoms. The molecule has 0 radical (unpaired) electrons. The summed E-state index contributed by atoms with van der Waals surface area (Å²) in [5.41, 5.74) is 2.74. The van der Waals surface area contributed by atoms with E-state index in [2.05, 4.69) is 0 Å². The zero-order valence-corrected chi connectivity index (χ0v) is 10.4. The number of furan rings is 1. The van der Waals surface area contributed by atoms with E-state index >= 15 is 0 Å². The third kappa shape index (κ3) is 2.31. The van der Waals surface area contributed by atoms with Crippen LogP contribution in [0.1, 0.15) is 33.0 Å². The molecule has 2 nitrogen and oxygen atoms in total. The molecule has 2 aromatic rings. The molecule has 0 bridgehead atoms. The van der Waals surface area contributed by atoms with Gasteiger partial charge in [0, 0.05) is 12.0 Å². The molecule has 0 aliphatic rings. The first-order valence-electron chi connectivity index (χ1n) is 5.73. The molecule has 88 valence electrons. The van der Waals surface area contributed by atoms with Gasteiger partial charge >= 0.3 is 0 Å². The zero-order valence-electron chi connectivity index (χ0n) is 10.4. The summed E-state index contributed by atoms with van der Waals surface area (Å²) in [4.78, 5) is 12.2.